The van der Waals surface area contributed by atoms with Gasteiger partial charge in [0.05, 0.1) is 13.2 Å². The number of ether oxygens (including phenoxy) is 1. The fourth-order valence-corrected chi connectivity index (χ4v) is 3.34. The summed E-state index contributed by atoms with van der Waals surface area (Å²) in [6, 6.07) is 0. The third-order valence-corrected chi connectivity index (χ3v) is 4.46. The number of hydrogen-bond acceptors (Lipinski definition) is 3. The molecule has 100 valence electrons. The van der Waals surface area contributed by atoms with E-state index in [0.717, 1.165) is 19.8 Å². The Morgan fingerprint density at radius 1 is 1.35 bits per heavy atom. The summed E-state index contributed by atoms with van der Waals surface area (Å²) in [5.41, 5.74) is 0.727. The van der Waals surface area contributed by atoms with Gasteiger partial charge in [-0.05, 0) is 38.6 Å². The number of rotatable bonds is 4. The summed E-state index contributed by atoms with van der Waals surface area (Å²) in [5.74, 6) is 0. The lowest BCUT2D eigenvalue weighted by Crippen LogP contribution is -2.56. The Hall–Kier alpha value is -0.120. The van der Waals surface area contributed by atoms with E-state index in [2.05, 4.69) is 31.0 Å². The van der Waals surface area contributed by atoms with Crippen LogP contribution in [0.1, 0.15) is 40.0 Å². The Bertz CT molecular complexity index is 247. The van der Waals surface area contributed by atoms with Gasteiger partial charge in [-0.25, -0.2) is 0 Å². The highest BCUT2D eigenvalue weighted by molar-refractivity contribution is 4.94. The second-order valence-electron chi connectivity index (χ2n) is 6.46. The molecule has 0 saturated carbocycles. The first-order chi connectivity index (χ1) is 8.08. The van der Waals surface area contributed by atoms with Gasteiger partial charge >= 0.3 is 0 Å². The molecule has 1 N–H and O–H groups in total. The van der Waals surface area contributed by atoms with E-state index >= 15 is 0 Å². The Morgan fingerprint density at radius 3 is 2.76 bits per heavy atom. The van der Waals surface area contributed by atoms with Gasteiger partial charge in [0.15, 0.2) is 0 Å². The van der Waals surface area contributed by atoms with Gasteiger partial charge in [-0.1, -0.05) is 13.3 Å². The van der Waals surface area contributed by atoms with Crippen molar-refractivity contribution in [3.8, 4) is 0 Å². The molecule has 0 amide bonds. The Balaban J connectivity index is 2.01. The monoisotopic (exact) mass is 240 g/mol. The van der Waals surface area contributed by atoms with Gasteiger partial charge < -0.3 is 10.1 Å². The van der Waals surface area contributed by atoms with Crippen LogP contribution in [0.2, 0.25) is 0 Å². The van der Waals surface area contributed by atoms with Crippen LogP contribution in [-0.2, 0) is 4.74 Å². The van der Waals surface area contributed by atoms with Crippen LogP contribution in [0, 0.1) is 5.41 Å². The normalized spacial score (nSPS) is 34.1. The molecule has 2 aliphatic rings. The molecule has 2 aliphatic heterocycles. The molecule has 3 heteroatoms. The van der Waals surface area contributed by atoms with E-state index in [1.165, 1.54) is 38.9 Å². The van der Waals surface area contributed by atoms with Gasteiger partial charge in [-0.2, -0.15) is 0 Å². The molecule has 0 spiro atoms. The summed E-state index contributed by atoms with van der Waals surface area (Å²) in [6.07, 6.45) is 3.99. The average Bonchev–Trinajstić information content (AvgIpc) is 2.71. The largest absolute Gasteiger partial charge is 0.378 e. The average molecular weight is 240 g/mol. The van der Waals surface area contributed by atoms with E-state index < -0.39 is 0 Å². The minimum Gasteiger partial charge on any atom is -0.378 e. The van der Waals surface area contributed by atoms with E-state index in [1.54, 1.807) is 0 Å². The Labute approximate surface area is 106 Å². The van der Waals surface area contributed by atoms with Gasteiger partial charge in [0.25, 0.3) is 0 Å². The van der Waals surface area contributed by atoms with E-state index in [0.29, 0.717) is 5.41 Å². The maximum Gasteiger partial charge on any atom is 0.0645 e. The summed E-state index contributed by atoms with van der Waals surface area (Å²) < 4.78 is 5.62. The summed E-state index contributed by atoms with van der Waals surface area (Å²) in [7, 11) is 0. The van der Waals surface area contributed by atoms with E-state index in [9.17, 15) is 0 Å². The zero-order valence-corrected chi connectivity index (χ0v) is 11.7. The first-order valence-corrected chi connectivity index (χ1v) is 7.12. The van der Waals surface area contributed by atoms with Crippen molar-refractivity contribution < 1.29 is 4.74 Å². The van der Waals surface area contributed by atoms with Crippen molar-refractivity contribution in [2.24, 2.45) is 5.41 Å². The van der Waals surface area contributed by atoms with E-state index in [4.69, 9.17) is 4.74 Å². The van der Waals surface area contributed by atoms with Crippen molar-refractivity contribution in [3.63, 3.8) is 0 Å². The first-order valence-electron chi connectivity index (χ1n) is 7.12. The smallest absolute Gasteiger partial charge is 0.0645 e. The van der Waals surface area contributed by atoms with Crippen molar-refractivity contribution >= 4 is 0 Å². The lowest BCUT2D eigenvalue weighted by Gasteiger charge is -2.46. The predicted octanol–water partition coefficient (Wildman–Crippen LogP) is 1.88. The summed E-state index contributed by atoms with van der Waals surface area (Å²) in [4.78, 5) is 2.65. The first kappa shape index (κ1) is 13.3. The van der Waals surface area contributed by atoms with Crippen LogP contribution >= 0.6 is 0 Å². The van der Waals surface area contributed by atoms with Gasteiger partial charge in [-0.15, -0.1) is 0 Å². The maximum atomic E-state index is 5.62. The van der Waals surface area contributed by atoms with Crippen molar-refractivity contribution in [1.29, 1.82) is 0 Å². The van der Waals surface area contributed by atoms with Crippen LogP contribution in [0.25, 0.3) is 0 Å². The van der Waals surface area contributed by atoms with Crippen LogP contribution in [-0.4, -0.2) is 49.8 Å². The second-order valence-corrected chi connectivity index (χ2v) is 6.46. The maximum absolute atomic E-state index is 5.62. The molecule has 0 bridgehead atoms. The predicted molar refractivity (Wildman–Crippen MR) is 71.3 cm³/mol. The molecule has 0 aromatic heterocycles. The summed E-state index contributed by atoms with van der Waals surface area (Å²) >= 11 is 0. The molecule has 3 nitrogen and oxygen atoms in total. The number of nitrogens with zero attached hydrogens (tertiary/aromatic N) is 1. The Morgan fingerprint density at radius 2 is 2.18 bits per heavy atom. The van der Waals surface area contributed by atoms with E-state index in [-0.39, 0.29) is 5.54 Å². The zero-order chi connectivity index (χ0) is 12.4. The topological polar surface area (TPSA) is 24.5 Å². The van der Waals surface area contributed by atoms with Crippen LogP contribution in [0.4, 0.5) is 0 Å². The molecule has 2 fully saturated rings. The minimum absolute atomic E-state index is 0.210. The molecule has 17 heavy (non-hydrogen) atoms. The summed E-state index contributed by atoms with van der Waals surface area (Å²) in [6.45, 7) is 13.5. The van der Waals surface area contributed by atoms with Crippen LogP contribution in [0.5, 0.6) is 0 Å². The van der Waals surface area contributed by atoms with Crippen molar-refractivity contribution in [2.45, 2.75) is 45.6 Å². The molecule has 0 aliphatic carbocycles. The molecular weight excluding hydrogens is 212 g/mol. The fourth-order valence-electron chi connectivity index (χ4n) is 3.34. The molecule has 1 atom stereocenters. The number of morpholine rings is 1. The molecule has 0 aromatic carbocycles. The van der Waals surface area contributed by atoms with Crippen molar-refractivity contribution in [3.05, 3.63) is 0 Å². The number of hydrogen-bond donors (Lipinski definition) is 1. The van der Waals surface area contributed by atoms with Crippen molar-refractivity contribution in [1.82, 2.24) is 10.2 Å². The highest BCUT2D eigenvalue weighted by Crippen LogP contribution is 2.34. The van der Waals surface area contributed by atoms with Gasteiger partial charge in [-0.3, -0.25) is 4.90 Å². The lowest BCUT2D eigenvalue weighted by molar-refractivity contribution is -0.0672. The zero-order valence-electron chi connectivity index (χ0n) is 11.7. The third-order valence-electron chi connectivity index (χ3n) is 4.46. The quantitative estimate of drug-likeness (QED) is 0.812. The van der Waals surface area contributed by atoms with Crippen LogP contribution < -0.4 is 5.32 Å². The minimum atomic E-state index is 0.210. The molecule has 0 aromatic rings. The van der Waals surface area contributed by atoms with E-state index in [1.807, 2.05) is 0 Å². The molecular formula is C14H28N2O. The lowest BCUT2D eigenvalue weighted by atomic mass is 9.80. The SMILES string of the molecule is CCCC1(CN2CCOCC2(C)C)CCNC1. The molecule has 2 rings (SSSR count). The molecule has 2 heterocycles. The third kappa shape index (κ3) is 3.01. The van der Waals surface area contributed by atoms with Gasteiger partial charge in [0, 0.05) is 25.2 Å². The highest BCUT2D eigenvalue weighted by atomic mass is 16.5. The highest BCUT2D eigenvalue weighted by Gasteiger charge is 2.39. The summed E-state index contributed by atoms with van der Waals surface area (Å²) in [5, 5.41) is 3.56. The molecule has 0 radical (unpaired) electrons. The molecule has 2 saturated heterocycles. The van der Waals surface area contributed by atoms with Crippen molar-refractivity contribution in [2.75, 3.05) is 39.4 Å². The Kier molecular flexibility index (Phi) is 4.11. The standard InChI is InChI=1S/C14H28N2O/c1-4-5-14(6-7-15-10-14)11-16-8-9-17-12-13(16,2)3/h15H,4-12H2,1-3H3. The molecule has 1 unspecified atom stereocenters. The second kappa shape index (κ2) is 5.25. The van der Waals surface area contributed by atoms with Crippen LogP contribution in [0.15, 0.2) is 0 Å². The van der Waals surface area contributed by atoms with Crippen LogP contribution in [0.3, 0.4) is 0 Å². The fraction of sp³-hybridized carbons (Fsp3) is 1.00. The van der Waals surface area contributed by atoms with Gasteiger partial charge in [0.2, 0.25) is 0 Å². The number of nitrogens with one attached hydrogen (secondary N) is 1. The van der Waals surface area contributed by atoms with Gasteiger partial charge in [0.1, 0.15) is 0 Å².